The summed E-state index contributed by atoms with van der Waals surface area (Å²) >= 11 is 0. The number of phenolic OH excluding ortho intramolecular Hbond substituents is 2. The number of hydrogen-bond donors (Lipinski definition) is 3. The van der Waals surface area contributed by atoms with Crippen LogP contribution in [0.1, 0.15) is 40.9 Å². The molecule has 5 rings (SSSR count). The Labute approximate surface area is 174 Å². The molecular formula is C25H21NO4. The smallest absolute Gasteiger partial charge is 0.209 e. The summed E-state index contributed by atoms with van der Waals surface area (Å²) in [6, 6.07) is 18.2. The van der Waals surface area contributed by atoms with E-state index < -0.39 is 22.6 Å². The minimum Gasteiger partial charge on any atom is -0.504 e. The number of hydrogen-bond acceptors (Lipinski definition) is 5. The second-order valence-corrected chi connectivity index (χ2v) is 8.20. The third-order valence-corrected chi connectivity index (χ3v) is 6.15. The van der Waals surface area contributed by atoms with Crippen molar-refractivity contribution in [2.24, 2.45) is 0 Å². The highest BCUT2D eigenvalue weighted by molar-refractivity contribution is 6.11. The van der Waals surface area contributed by atoms with Crippen LogP contribution in [0, 0.1) is 0 Å². The number of para-hydroxylation sites is 1. The van der Waals surface area contributed by atoms with Crippen LogP contribution < -0.4 is 10.1 Å². The molecule has 2 aliphatic heterocycles. The average molecular weight is 399 g/mol. The van der Waals surface area contributed by atoms with Gasteiger partial charge in [0, 0.05) is 16.8 Å². The monoisotopic (exact) mass is 399 g/mol. The predicted octanol–water partition coefficient (Wildman–Crippen LogP) is 4.83. The van der Waals surface area contributed by atoms with Crippen molar-refractivity contribution in [2.75, 3.05) is 5.32 Å². The summed E-state index contributed by atoms with van der Waals surface area (Å²) in [4.78, 5) is 12.9. The summed E-state index contributed by atoms with van der Waals surface area (Å²) in [6.07, 6.45) is 3.73. The Morgan fingerprint density at radius 1 is 0.967 bits per heavy atom. The van der Waals surface area contributed by atoms with Crippen LogP contribution in [0.15, 0.2) is 66.7 Å². The lowest BCUT2D eigenvalue weighted by molar-refractivity contribution is 0.0783. The van der Waals surface area contributed by atoms with Gasteiger partial charge in [-0.15, -0.1) is 0 Å². The van der Waals surface area contributed by atoms with Gasteiger partial charge in [-0.05, 0) is 43.7 Å². The first-order valence-corrected chi connectivity index (χ1v) is 9.79. The highest BCUT2D eigenvalue weighted by Gasteiger charge is 2.54. The molecule has 0 fully saturated rings. The summed E-state index contributed by atoms with van der Waals surface area (Å²) < 4.78 is 6.31. The molecule has 0 saturated heterocycles. The Hall–Kier alpha value is -3.73. The van der Waals surface area contributed by atoms with Gasteiger partial charge in [-0.1, -0.05) is 48.5 Å². The van der Waals surface area contributed by atoms with Gasteiger partial charge >= 0.3 is 0 Å². The van der Waals surface area contributed by atoms with Crippen LogP contribution >= 0.6 is 0 Å². The van der Waals surface area contributed by atoms with Crippen LogP contribution in [0.4, 0.5) is 5.69 Å². The molecule has 0 amide bonds. The summed E-state index contributed by atoms with van der Waals surface area (Å²) in [5.41, 5.74) is 1.66. The van der Waals surface area contributed by atoms with E-state index in [1.807, 2.05) is 42.5 Å². The maximum Gasteiger partial charge on any atom is 0.209 e. The van der Waals surface area contributed by atoms with Crippen LogP contribution in [0.2, 0.25) is 0 Å². The number of aromatic hydroxyl groups is 2. The molecule has 150 valence electrons. The number of nitrogens with one attached hydrogen (secondary N) is 1. The fraction of sp³-hybridized carbons (Fsp3) is 0.160. The van der Waals surface area contributed by atoms with Gasteiger partial charge in [0.1, 0.15) is 0 Å². The largest absolute Gasteiger partial charge is 0.504 e. The Balaban J connectivity index is 1.60. The Kier molecular flexibility index (Phi) is 3.74. The zero-order valence-electron chi connectivity index (χ0n) is 16.6. The van der Waals surface area contributed by atoms with Gasteiger partial charge in [-0.2, -0.15) is 0 Å². The number of fused-ring (bicyclic) bond motifs is 2. The van der Waals surface area contributed by atoms with Crippen molar-refractivity contribution in [2.45, 2.75) is 25.0 Å². The van der Waals surface area contributed by atoms with E-state index in [1.54, 1.807) is 30.3 Å². The molecule has 0 bridgehead atoms. The van der Waals surface area contributed by atoms with Gasteiger partial charge in [-0.3, -0.25) is 4.79 Å². The number of rotatable bonds is 2. The van der Waals surface area contributed by atoms with Crippen LogP contribution in [-0.4, -0.2) is 21.7 Å². The van der Waals surface area contributed by atoms with E-state index in [0.29, 0.717) is 11.1 Å². The number of carbonyl (C=O) groups is 1. The highest BCUT2D eigenvalue weighted by atomic mass is 16.5. The van der Waals surface area contributed by atoms with Gasteiger partial charge in [0.2, 0.25) is 11.5 Å². The van der Waals surface area contributed by atoms with E-state index in [-0.39, 0.29) is 17.1 Å². The molecule has 3 aromatic carbocycles. The van der Waals surface area contributed by atoms with Crippen molar-refractivity contribution >= 4 is 17.5 Å². The third kappa shape index (κ3) is 2.38. The predicted molar refractivity (Wildman–Crippen MR) is 115 cm³/mol. The van der Waals surface area contributed by atoms with Crippen molar-refractivity contribution in [3.8, 4) is 17.2 Å². The van der Waals surface area contributed by atoms with Crippen LogP contribution in [-0.2, 0) is 5.41 Å². The molecule has 2 heterocycles. The number of phenols is 2. The lowest BCUT2D eigenvalue weighted by Crippen LogP contribution is -2.53. The van der Waals surface area contributed by atoms with Crippen LogP contribution in [0.5, 0.6) is 17.2 Å². The molecule has 0 radical (unpaired) electrons. The number of ketones is 1. The summed E-state index contributed by atoms with van der Waals surface area (Å²) in [5, 5.41) is 24.8. The highest BCUT2D eigenvalue weighted by Crippen LogP contribution is 2.54. The van der Waals surface area contributed by atoms with Gasteiger partial charge in [0.15, 0.2) is 17.3 Å². The first kappa shape index (κ1) is 18.3. The summed E-state index contributed by atoms with van der Waals surface area (Å²) in [7, 11) is 0. The number of carbonyl (C=O) groups excluding carboxylic acids is 1. The molecule has 2 aliphatic rings. The molecule has 1 spiro atoms. The topological polar surface area (TPSA) is 78.8 Å². The standard InChI is InChI=1S/C25H21NO4/c1-24(2)18-10-6-7-11-19(18)26-25(24)13-12-16-14-17(21(28)22(29)23(16)30-25)20(27)15-8-4-3-5-9-15/h3-14,26,28-29H,1-2H3. The quantitative estimate of drug-likeness (QED) is 0.425. The first-order valence-electron chi connectivity index (χ1n) is 9.79. The fourth-order valence-electron chi connectivity index (χ4n) is 4.31. The molecule has 0 aromatic heterocycles. The minimum atomic E-state index is -0.932. The van der Waals surface area contributed by atoms with Gasteiger partial charge in [0.05, 0.1) is 11.0 Å². The number of ether oxygens (including phenoxy) is 1. The summed E-state index contributed by atoms with van der Waals surface area (Å²) in [6.45, 7) is 4.12. The second kappa shape index (κ2) is 6.13. The van der Waals surface area contributed by atoms with Crippen molar-refractivity contribution in [1.29, 1.82) is 0 Å². The molecule has 3 aromatic rings. The summed E-state index contributed by atoms with van der Waals surface area (Å²) in [5.74, 6) is -1.15. The average Bonchev–Trinajstić information content (AvgIpc) is 2.97. The Morgan fingerprint density at radius 3 is 2.40 bits per heavy atom. The number of anilines is 1. The molecule has 0 saturated carbocycles. The SMILES string of the molecule is CC1(C)c2ccccc2NC12C=Cc1cc(C(=O)c3ccccc3)c(O)c(O)c1O2. The molecule has 30 heavy (non-hydrogen) atoms. The minimum absolute atomic E-state index is 0.0311. The van der Waals surface area contributed by atoms with E-state index in [2.05, 4.69) is 19.2 Å². The van der Waals surface area contributed by atoms with E-state index in [9.17, 15) is 15.0 Å². The van der Waals surface area contributed by atoms with Crippen molar-refractivity contribution in [1.82, 2.24) is 0 Å². The molecule has 5 nitrogen and oxygen atoms in total. The second-order valence-electron chi connectivity index (χ2n) is 8.20. The van der Waals surface area contributed by atoms with Gasteiger partial charge in [-0.25, -0.2) is 0 Å². The Morgan fingerprint density at radius 2 is 1.67 bits per heavy atom. The van der Waals surface area contributed by atoms with E-state index in [1.165, 1.54) is 0 Å². The molecule has 5 heteroatoms. The van der Waals surface area contributed by atoms with Crippen LogP contribution in [0.25, 0.3) is 6.08 Å². The molecular weight excluding hydrogens is 378 g/mol. The van der Waals surface area contributed by atoms with Gasteiger partial charge < -0.3 is 20.3 Å². The fourth-order valence-corrected chi connectivity index (χ4v) is 4.31. The zero-order valence-corrected chi connectivity index (χ0v) is 16.6. The first-order chi connectivity index (χ1) is 14.3. The lowest BCUT2D eigenvalue weighted by Gasteiger charge is -2.41. The molecule has 1 atom stereocenters. The van der Waals surface area contributed by atoms with E-state index in [0.717, 1.165) is 11.3 Å². The van der Waals surface area contributed by atoms with Crippen molar-refractivity contribution in [3.63, 3.8) is 0 Å². The van der Waals surface area contributed by atoms with E-state index >= 15 is 0 Å². The lowest BCUT2D eigenvalue weighted by atomic mass is 9.76. The maximum absolute atomic E-state index is 12.9. The van der Waals surface area contributed by atoms with Gasteiger partial charge in [0.25, 0.3) is 0 Å². The normalized spacial score (nSPS) is 20.2. The van der Waals surface area contributed by atoms with Crippen molar-refractivity contribution in [3.05, 3.63) is 89.0 Å². The zero-order chi connectivity index (χ0) is 21.1. The van der Waals surface area contributed by atoms with E-state index in [4.69, 9.17) is 4.74 Å². The molecule has 1 unspecified atom stereocenters. The third-order valence-electron chi connectivity index (χ3n) is 6.15. The maximum atomic E-state index is 12.9. The number of benzene rings is 3. The Bertz CT molecular complexity index is 1210. The van der Waals surface area contributed by atoms with Crippen molar-refractivity contribution < 1.29 is 19.7 Å². The molecule has 3 N–H and O–H groups in total. The van der Waals surface area contributed by atoms with Crippen LogP contribution in [0.3, 0.4) is 0 Å². The molecule has 0 aliphatic carbocycles.